The Kier molecular flexibility index (Phi) is 3.87. The monoisotopic (exact) mass is 273 g/mol. The fourth-order valence-electron chi connectivity index (χ4n) is 4.19. The number of nitrogens with one attached hydrogen (secondary N) is 1. The average molecular weight is 273 g/mol. The summed E-state index contributed by atoms with van der Waals surface area (Å²) in [5, 5.41) is 3.67. The van der Waals surface area contributed by atoms with Crippen LogP contribution in [-0.2, 0) is 4.74 Å². The molecule has 1 saturated heterocycles. The first-order valence-electron chi connectivity index (χ1n) is 8.00. The summed E-state index contributed by atoms with van der Waals surface area (Å²) in [6.45, 7) is 9.62. The lowest BCUT2D eigenvalue weighted by Gasteiger charge is -2.27. The van der Waals surface area contributed by atoms with Gasteiger partial charge in [0.15, 0.2) is 0 Å². The molecule has 1 atom stereocenters. The van der Waals surface area contributed by atoms with E-state index in [-0.39, 0.29) is 6.10 Å². The van der Waals surface area contributed by atoms with E-state index in [9.17, 15) is 0 Å². The molecule has 2 aliphatic rings. The molecule has 1 aromatic carbocycles. The van der Waals surface area contributed by atoms with Crippen molar-refractivity contribution in [3.05, 3.63) is 34.4 Å². The van der Waals surface area contributed by atoms with Crippen LogP contribution in [0.1, 0.15) is 54.0 Å². The molecule has 0 amide bonds. The highest BCUT2D eigenvalue weighted by atomic mass is 16.5. The van der Waals surface area contributed by atoms with Gasteiger partial charge in [0.05, 0.1) is 12.7 Å². The van der Waals surface area contributed by atoms with Gasteiger partial charge in [0.1, 0.15) is 0 Å². The van der Waals surface area contributed by atoms with E-state index in [0.29, 0.717) is 5.41 Å². The van der Waals surface area contributed by atoms with E-state index in [1.807, 2.05) is 0 Å². The molecule has 1 heterocycles. The van der Waals surface area contributed by atoms with Crippen molar-refractivity contribution in [1.82, 2.24) is 5.32 Å². The van der Waals surface area contributed by atoms with Gasteiger partial charge in [0, 0.05) is 18.5 Å². The summed E-state index contributed by atoms with van der Waals surface area (Å²) in [6.07, 6.45) is 5.63. The maximum Gasteiger partial charge on any atom is 0.0954 e. The summed E-state index contributed by atoms with van der Waals surface area (Å²) < 4.78 is 6.37. The maximum atomic E-state index is 6.37. The zero-order valence-electron chi connectivity index (χ0n) is 13.1. The quantitative estimate of drug-likeness (QED) is 0.839. The predicted octanol–water partition coefficient (Wildman–Crippen LogP) is 3.83. The first kappa shape index (κ1) is 14.1. The minimum absolute atomic E-state index is 0.218. The van der Waals surface area contributed by atoms with Crippen molar-refractivity contribution in [1.29, 1.82) is 0 Å². The molecule has 20 heavy (non-hydrogen) atoms. The number of hydrogen-bond donors (Lipinski definition) is 1. The number of rotatable bonds is 1. The van der Waals surface area contributed by atoms with Gasteiger partial charge in [-0.2, -0.15) is 0 Å². The van der Waals surface area contributed by atoms with E-state index in [1.165, 1.54) is 47.9 Å². The Bertz CT molecular complexity index is 465. The van der Waals surface area contributed by atoms with Crippen LogP contribution in [0, 0.1) is 26.2 Å². The Morgan fingerprint density at radius 2 is 1.75 bits per heavy atom. The molecule has 0 aromatic heterocycles. The SMILES string of the molecule is Cc1cc(C)c(C2CNCC3(CCCC3)CO2)c(C)c1. The van der Waals surface area contributed by atoms with Gasteiger partial charge in [0.2, 0.25) is 0 Å². The van der Waals surface area contributed by atoms with Crippen molar-refractivity contribution in [3.8, 4) is 0 Å². The van der Waals surface area contributed by atoms with Crippen molar-refractivity contribution in [2.24, 2.45) is 5.41 Å². The molecule has 0 radical (unpaired) electrons. The first-order chi connectivity index (χ1) is 9.60. The molecule has 1 unspecified atom stereocenters. The number of ether oxygens (including phenoxy) is 1. The average Bonchev–Trinajstić information content (AvgIpc) is 2.73. The molecule has 1 aliphatic carbocycles. The van der Waals surface area contributed by atoms with Gasteiger partial charge in [-0.25, -0.2) is 0 Å². The lowest BCUT2D eigenvalue weighted by atomic mass is 9.87. The highest BCUT2D eigenvalue weighted by molar-refractivity contribution is 5.39. The molecule has 2 nitrogen and oxygen atoms in total. The summed E-state index contributed by atoms with van der Waals surface area (Å²) >= 11 is 0. The molecule has 0 bridgehead atoms. The molecule has 1 saturated carbocycles. The Morgan fingerprint density at radius 3 is 2.40 bits per heavy atom. The van der Waals surface area contributed by atoms with Gasteiger partial charge in [-0.15, -0.1) is 0 Å². The fourth-order valence-corrected chi connectivity index (χ4v) is 4.19. The fraction of sp³-hybridized carbons (Fsp3) is 0.667. The van der Waals surface area contributed by atoms with E-state index in [2.05, 4.69) is 38.2 Å². The summed E-state index contributed by atoms with van der Waals surface area (Å²) in [7, 11) is 0. The molecule has 3 rings (SSSR count). The van der Waals surface area contributed by atoms with Crippen LogP contribution in [0.15, 0.2) is 12.1 Å². The molecule has 1 spiro atoms. The highest BCUT2D eigenvalue weighted by Crippen LogP contribution is 2.40. The Labute approximate surface area is 122 Å². The lowest BCUT2D eigenvalue weighted by molar-refractivity contribution is 0.0152. The second-order valence-corrected chi connectivity index (χ2v) is 6.95. The molecule has 2 fully saturated rings. The molecule has 1 N–H and O–H groups in total. The number of hydrogen-bond acceptors (Lipinski definition) is 2. The van der Waals surface area contributed by atoms with Crippen molar-refractivity contribution in [2.75, 3.05) is 19.7 Å². The van der Waals surface area contributed by atoms with Crippen LogP contribution >= 0.6 is 0 Å². The summed E-state index contributed by atoms with van der Waals surface area (Å²) in [5.74, 6) is 0. The molecular weight excluding hydrogens is 246 g/mol. The van der Waals surface area contributed by atoms with Gasteiger partial charge in [-0.1, -0.05) is 30.5 Å². The van der Waals surface area contributed by atoms with Crippen LogP contribution < -0.4 is 5.32 Å². The van der Waals surface area contributed by atoms with Gasteiger partial charge in [-0.05, 0) is 50.3 Å². The number of aryl methyl sites for hydroxylation is 3. The summed E-state index contributed by atoms with van der Waals surface area (Å²) in [6, 6.07) is 4.56. The third-order valence-electron chi connectivity index (χ3n) is 5.14. The van der Waals surface area contributed by atoms with Crippen molar-refractivity contribution >= 4 is 0 Å². The minimum atomic E-state index is 0.218. The normalized spacial score (nSPS) is 25.9. The van der Waals surface area contributed by atoms with Crippen LogP contribution in [0.4, 0.5) is 0 Å². The van der Waals surface area contributed by atoms with Gasteiger partial charge in [0.25, 0.3) is 0 Å². The van der Waals surface area contributed by atoms with Crippen molar-refractivity contribution < 1.29 is 4.74 Å². The summed E-state index contributed by atoms with van der Waals surface area (Å²) in [5.41, 5.74) is 5.91. The van der Waals surface area contributed by atoms with E-state index in [0.717, 1.165) is 19.7 Å². The summed E-state index contributed by atoms with van der Waals surface area (Å²) in [4.78, 5) is 0. The Hall–Kier alpha value is -0.860. The van der Waals surface area contributed by atoms with Crippen LogP contribution in [0.2, 0.25) is 0 Å². The second-order valence-electron chi connectivity index (χ2n) is 6.95. The zero-order chi connectivity index (χ0) is 14.2. The smallest absolute Gasteiger partial charge is 0.0954 e. The van der Waals surface area contributed by atoms with Gasteiger partial charge in [-0.3, -0.25) is 0 Å². The van der Waals surface area contributed by atoms with Crippen molar-refractivity contribution in [3.63, 3.8) is 0 Å². The minimum Gasteiger partial charge on any atom is -0.372 e. The van der Waals surface area contributed by atoms with Crippen molar-refractivity contribution in [2.45, 2.75) is 52.6 Å². The van der Waals surface area contributed by atoms with Gasteiger partial charge < -0.3 is 10.1 Å². The van der Waals surface area contributed by atoms with E-state index in [4.69, 9.17) is 4.74 Å². The Balaban J connectivity index is 1.81. The van der Waals surface area contributed by atoms with Crippen LogP contribution in [0.5, 0.6) is 0 Å². The van der Waals surface area contributed by atoms with Gasteiger partial charge >= 0.3 is 0 Å². The number of benzene rings is 1. The largest absolute Gasteiger partial charge is 0.372 e. The predicted molar refractivity (Wildman–Crippen MR) is 83.1 cm³/mol. The van der Waals surface area contributed by atoms with E-state index >= 15 is 0 Å². The van der Waals surface area contributed by atoms with E-state index < -0.39 is 0 Å². The standard InChI is InChI=1S/C18H27NO/c1-13-8-14(2)17(15(3)9-13)16-10-19-11-18(12-20-16)6-4-5-7-18/h8-9,16,19H,4-7,10-12H2,1-3H3. The third-order valence-corrected chi connectivity index (χ3v) is 5.14. The topological polar surface area (TPSA) is 21.3 Å². The first-order valence-corrected chi connectivity index (χ1v) is 8.00. The van der Waals surface area contributed by atoms with Crippen LogP contribution in [0.25, 0.3) is 0 Å². The molecular formula is C18H27NO. The van der Waals surface area contributed by atoms with Crippen LogP contribution in [0.3, 0.4) is 0 Å². The Morgan fingerprint density at radius 1 is 1.10 bits per heavy atom. The molecule has 1 aromatic rings. The maximum absolute atomic E-state index is 6.37. The molecule has 1 aliphatic heterocycles. The highest BCUT2D eigenvalue weighted by Gasteiger charge is 2.37. The lowest BCUT2D eigenvalue weighted by Crippen LogP contribution is -2.32. The van der Waals surface area contributed by atoms with Crippen LogP contribution in [-0.4, -0.2) is 19.7 Å². The second kappa shape index (κ2) is 5.50. The molecule has 110 valence electrons. The zero-order valence-corrected chi connectivity index (χ0v) is 13.1. The van der Waals surface area contributed by atoms with E-state index in [1.54, 1.807) is 0 Å². The third kappa shape index (κ3) is 2.64. The molecule has 2 heteroatoms.